The van der Waals surface area contributed by atoms with E-state index in [9.17, 15) is 4.79 Å². The predicted octanol–water partition coefficient (Wildman–Crippen LogP) is 4.08. The van der Waals surface area contributed by atoms with Crippen molar-refractivity contribution < 1.29 is 4.79 Å². The van der Waals surface area contributed by atoms with Crippen LogP contribution in [0.2, 0.25) is 0 Å². The van der Waals surface area contributed by atoms with Gasteiger partial charge in [-0.25, -0.2) is 0 Å². The highest BCUT2D eigenvalue weighted by Gasteiger charge is 2.31. The second-order valence-corrected chi connectivity index (χ2v) is 9.53. The summed E-state index contributed by atoms with van der Waals surface area (Å²) in [4.78, 5) is 20.4. The molecule has 2 aliphatic heterocycles. The van der Waals surface area contributed by atoms with Crippen LogP contribution in [0.5, 0.6) is 0 Å². The van der Waals surface area contributed by atoms with E-state index in [0.29, 0.717) is 12.5 Å². The van der Waals surface area contributed by atoms with Crippen molar-refractivity contribution in [3.63, 3.8) is 0 Å². The van der Waals surface area contributed by atoms with E-state index in [4.69, 9.17) is 0 Å². The Bertz CT molecular complexity index is 777. The van der Waals surface area contributed by atoms with Gasteiger partial charge in [-0.2, -0.15) is 0 Å². The Morgan fingerprint density at radius 3 is 2.10 bits per heavy atom. The third-order valence-corrected chi connectivity index (χ3v) is 7.33. The molecule has 4 nitrogen and oxygen atoms in total. The molecule has 4 rings (SSSR count). The summed E-state index contributed by atoms with van der Waals surface area (Å²) in [5, 5.41) is 0. The van der Waals surface area contributed by atoms with Gasteiger partial charge in [-0.3, -0.25) is 4.79 Å². The molecule has 1 amide bonds. The van der Waals surface area contributed by atoms with Gasteiger partial charge in [0.2, 0.25) is 5.91 Å². The molecule has 0 saturated carbocycles. The SMILES string of the molecule is CN1CCC(CN2CC[C@@H](N(C)C(=O)CC(c3ccccc3)c3ccccc3)C2)CC1. The van der Waals surface area contributed by atoms with Crippen molar-refractivity contribution in [2.45, 2.75) is 37.6 Å². The van der Waals surface area contributed by atoms with Crippen LogP contribution in [0.1, 0.15) is 42.7 Å². The van der Waals surface area contributed by atoms with Gasteiger partial charge in [0, 0.05) is 45.1 Å². The lowest BCUT2D eigenvalue weighted by atomic mass is 9.88. The predicted molar refractivity (Wildman–Crippen MR) is 127 cm³/mol. The molecule has 2 heterocycles. The summed E-state index contributed by atoms with van der Waals surface area (Å²) in [7, 11) is 4.24. The molecular formula is C27H37N3O. The van der Waals surface area contributed by atoms with Gasteiger partial charge in [-0.1, -0.05) is 60.7 Å². The van der Waals surface area contributed by atoms with Gasteiger partial charge in [-0.15, -0.1) is 0 Å². The summed E-state index contributed by atoms with van der Waals surface area (Å²) in [6.45, 7) is 5.79. The van der Waals surface area contributed by atoms with Crippen molar-refractivity contribution in [3.05, 3.63) is 71.8 Å². The highest BCUT2D eigenvalue weighted by atomic mass is 16.2. The Labute approximate surface area is 187 Å². The lowest BCUT2D eigenvalue weighted by Gasteiger charge is -2.32. The number of likely N-dealkylation sites (tertiary alicyclic amines) is 2. The zero-order valence-corrected chi connectivity index (χ0v) is 19.1. The number of benzene rings is 2. The van der Waals surface area contributed by atoms with Crippen LogP contribution in [0.4, 0.5) is 0 Å². The fourth-order valence-electron chi connectivity index (χ4n) is 5.23. The number of carbonyl (C=O) groups is 1. The molecule has 2 fully saturated rings. The maximum absolute atomic E-state index is 13.3. The second kappa shape index (κ2) is 10.4. The maximum Gasteiger partial charge on any atom is 0.223 e. The summed E-state index contributed by atoms with van der Waals surface area (Å²) in [6.07, 6.45) is 4.23. The molecular weight excluding hydrogens is 382 g/mol. The summed E-state index contributed by atoms with van der Waals surface area (Å²) < 4.78 is 0. The molecule has 2 aromatic carbocycles. The van der Waals surface area contributed by atoms with Gasteiger partial charge in [0.05, 0.1) is 0 Å². The monoisotopic (exact) mass is 419 g/mol. The summed E-state index contributed by atoms with van der Waals surface area (Å²) in [6, 6.07) is 21.3. The van der Waals surface area contributed by atoms with Gasteiger partial charge in [0.15, 0.2) is 0 Å². The summed E-state index contributed by atoms with van der Waals surface area (Å²) in [5.74, 6) is 1.18. The van der Waals surface area contributed by atoms with E-state index < -0.39 is 0 Å². The topological polar surface area (TPSA) is 26.8 Å². The summed E-state index contributed by atoms with van der Waals surface area (Å²) in [5.41, 5.74) is 2.43. The van der Waals surface area contributed by atoms with E-state index >= 15 is 0 Å². The minimum absolute atomic E-state index is 0.106. The quantitative estimate of drug-likeness (QED) is 0.677. The Morgan fingerprint density at radius 2 is 1.52 bits per heavy atom. The fraction of sp³-hybridized carbons (Fsp3) is 0.519. The zero-order chi connectivity index (χ0) is 21.6. The highest BCUT2D eigenvalue weighted by Crippen LogP contribution is 2.29. The van der Waals surface area contributed by atoms with E-state index in [2.05, 4.69) is 65.4 Å². The van der Waals surface area contributed by atoms with Crippen molar-refractivity contribution >= 4 is 5.91 Å². The summed E-state index contributed by atoms with van der Waals surface area (Å²) >= 11 is 0. The molecule has 31 heavy (non-hydrogen) atoms. The van der Waals surface area contributed by atoms with Crippen LogP contribution in [-0.2, 0) is 4.79 Å². The molecule has 2 aliphatic rings. The third kappa shape index (κ3) is 5.75. The number of nitrogens with zero attached hydrogens (tertiary/aromatic N) is 3. The zero-order valence-electron chi connectivity index (χ0n) is 19.1. The van der Waals surface area contributed by atoms with E-state index in [-0.39, 0.29) is 11.8 Å². The molecule has 0 spiro atoms. The molecule has 4 heteroatoms. The number of likely N-dealkylation sites (N-methyl/N-ethyl adjacent to an activating group) is 1. The van der Waals surface area contributed by atoms with Crippen LogP contribution in [0, 0.1) is 5.92 Å². The smallest absolute Gasteiger partial charge is 0.223 e. The molecule has 0 aromatic heterocycles. The largest absolute Gasteiger partial charge is 0.341 e. The first kappa shape index (κ1) is 22.0. The van der Waals surface area contributed by atoms with Gasteiger partial charge >= 0.3 is 0 Å². The molecule has 0 unspecified atom stereocenters. The number of rotatable bonds is 7. The highest BCUT2D eigenvalue weighted by molar-refractivity contribution is 5.78. The van der Waals surface area contributed by atoms with Crippen molar-refractivity contribution in [2.24, 2.45) is 5.92 Å². The van der Waals surface area contributed by atoms with Crippen LogP contribution < -0.4 is 0 Å². The minimum Gasteiger partial charge on any atom is -0.341 e. The van der Waals surface area contributed by atoms with Crippen LogP contribution in [0.25, 0.3) is 0 Å². The third-order valence-electron chi connectivity index (χ3n) is 7.33. The van der Waals surface area contributed by atoms with E-state index in [1.807, 2.05) is 24.1 Å². The number of hydrogen-bond acceptors (Lipinski definition) is 3. The van der Waals surface area contributed by atoms with Crippen LogP contribution in [0.3, 0.4) is 0 Å². The van der Waals surface area contributed by atoms with E-state index in [0.717, 1.165) is 25.4 Å². The first-order chi connectivity index (χ1) is 15.1. The molecule has 2 aromatic rings. The van der Waals surface area contributed by atoms with Crippen LogP contribution >= 0.6 is 0 Å². The van der Waals surface area contributed by atoms with Gasteiger partial charge < -0.3 is 14.7 Å². The lowest BCUT2D eigenvalue weighted by molar-refractivity contribution is -0.132. The molecule has 0 bridgehead atoms. The Kier molecular flexibility index (Phi) is 7.41. The van der Waals surface area contributed by atoms with Crippen LogP contribution in [-0.4, -0.2) is 73.5 Å². The molecule has 0 radical (unpaired) electrons. The van der Waals surface area contributed by atoms with Crippen molar-refractivity contribution in [1.82, 2.24) is 14.7 Å². The van der Waals surface area contributed by atoms with E-state index in [1.165, 1.54) is 43.6 Å². The normalized spacial score (nSPS) is 20.9. The van der Waals surface area contributed by atoms with Gasteiger partial charge in [0.25, 0.3) is 0 Å². The first-order valence-corrected chi connectivity index (χ1v) is 11.9. The molecule has 2 saturated heterocycles. The van der Waals surface area contributed by atoms with Crippen molar-refractivity contribution in [1.29, 1.82) is 0 Å². The fourth-order valence-corrected chi connectivity index (χ4v) is 5.23. The second-order valence-electron chi connectivity index (χ2n) is 9.53. The number of carbonyl (C=O) groups excluding carboxylic acids is 1. The Morgan fingerprint density at radius 1 is 0.935 bits per heavy atom. The van der Waals surface area contributed by atoms with Crippen LogP contribution in [0.15, 0.2) is 60.7 Å². The first-order valence-electron chi connectivity index (χ1n) is 11.9. The average Bonchev–Trinajstić information content (AvgIpc) is 3.28. The number of amides is 1. The molecule has 166 valence electrons. The maximum atomic E-state index is 13.3. The average molecular weight is 420 g/mol. The molecule has 0 aliphatic carbocycles. The molecule has 0 N–H and O–H groups in total. The van der Waals surface area contributed by atoms with E-state index in [1.54, 1.807) is 0 Å². The standard InChI is InChI=1S/C27H37N3O/c1-28-16-13-22(14-17-28)20-30-18-15-25(21-30)29(2)27(31)19-26(23-9-5-3-6-10-23)24-11-7-4-8-12-24/h3-12,22,25-26H,13-21H2,1-2H3/t25-/m1/s1. The Balaban J connectivity index is 1.36. The number of hydrogen-bond donors (Lipinski definition) is 0. The van der Waals surface area contributed by atoms with Crippen molar-refractivity contribution in [3.8, 4) is 0 Å². The lowest BCUT2D eigenvalue weighted by Crippen LogP contribution is -2.41. The molecule has 1 atom stereocenters. The van der Waals surface area contributed by atoms with Gasteiger partial charge in [-0.05, 0) is 56.4 Å². The minimum atomic E-state index is 0.106. The van der Waals surface area contributed by atoms with Crippen molar-refractivity contribution in [2.75, 3.05) is 46.8 Å². The van der Waals surface area contributed by atoms with Gasteiger partial charge in [0.1, 0.15) is 0 Å². The number of piperidine rings is 1. The Hall–Kier alpha value is -2.17.